The Hall–Kier alpha value is -2.63. The number of thioether (sulfide) groups is 1. The predicted molar refractivity (Wildman–Crippen MR) is 115 cm³/mol. The summed E-state index contributed by atoms with van der Waals surface area (Å²) in [7, 11) is 0. The van der Waals surface area contributed by atoms with Crippen molar-refractivity contribution in [3.63, 3.8) is 0 Å². The van der Waals surface area contributed by atoms with Gasteiger partial charge < -0.3 is 15.4 Å². The highest BCUT2D eigenvalue weighted by Gasteiger charge is 2.28. The summed E-state index contributed by atoms with van der Waals surface area (Å²) in [6, 6.07) is 3.79. The van der Waals surface area contributed by atoms with Crippen molar-refractivity contribution in [1.29, 1.82) is 0 Å². The Balaban J connectivity index is 1.53. The summed E-state index contributed by atoms with van der Waals surface area (Å²) in [5.74, 6) is 0.718. The van der Waals surface area contributed by atoms with Gasteiger partial charge in [0, 0.05) is 41.3 Å². The largest absolute Gasteiger partial charge is 0.376 e. The molecular weight excluding hydrogens is 446 g/mol. The number of rotatable bonds is 7. The van der Waals surface area contributed by atoms with Crippen molar-refractivity contribution in [2.75, 3.05) is 18.5 Å². The monoisotopic (exact) mass is 465 g/mol. The van der Waals surface area contributed by atoms with Crippen molar-refractivity contribution in [1.82, 2.24) is 15.1 Å². The van der Waals surface area contributed by atoms with Gasteiger partial charge in [-0.05, 0) is 25.0 Å². The lowest BCUT2D eigenvalue weighted by Gasteiger charge is -2.13. The van der Waals surface area contributed by atoms with Gasteiger partial charge in [-0.1, -0.05) is 11.6 Å². The number of hydrogen-bond donors (Lipinski definition) is 2. The molecule has 1 saturated heterocycles. The Bertz CT molecular complexity index is 1040. The van der Waals surface area contributed by atoms with Gasteiger partial charge in [0.05, 0.1) is 16.7 Å². The molecule has 31 heavy (non-hydrogen) atoms. The van der Waals surface area contributed by atoms with Crippen LogP contribution in [0.25, 0.3) is 0 Å². The average Bonchev–Trinajstić information content (AvgIpc) is 3.46. The Morgan fingerprint density at radius 1 is 1.39 bits per heavy atom. The zero-order chi connectivity index (χ0) is 22.0. The normalized spacial score (nSPS) is 17.4. The van der Waals surface area contributed by atoms with Crippen molar-refractivity contribution in [3.8, 4) is 0 Å². The second-order valence-electron chi connectivity index (χ2n) is 7.24. The molecule has 0 aliphatic carbocycles. The van der Waals surface area contributed by atoms with Gasteiger partial charge in [-0.2, -0.15) is 16.9 Å². The maximum absolute atomic E-state index is 12.9. The van der Waals surface area contributed by atoms with Crippen LogP contribution >= 0.6 is 23.4 Å². The summed E-state index contributed by atoms with van der Waals surface area (Å²) in [6.45, 7) is 1.04. The van der Waals surface area contributed by atoms with Gasteiger partial charge in [0.2, 0.25) is 5.91 Å². The highest BCUT2D eigenvalue weighted by Crippen LogP contribution is 2.35. The number of aromatic nitrogens is 2. The zero-order valence-corrected chi connectivity index (χ0v) is 18.0. The van der Waals surface area contributed by atoms with E-state index in [9.17, 15) is 19.7 Å². The molecule has 2 aliphatic heterocycles. The summed E-state index contributed by atoms with van der Waals surface area (Å²) in [6.07, 6.45) is 1.91. The zero-order valence-electron chi connectivity index (χ0n) is 16.4. The number of nitro groups is 1. The second kappa shape index (κ2) is 9.25. The standard InChI is InChI=1S/C19H20ClN5O5S/c20-11-3-4-16(25(28)29)13(6-11)19(27)22-18-14-9-31-10-15(14)23-24(18)8-17(26)21-7-12-2-1-5-30-12/h3-4,6,12H,1-2,5,7-10H2,(H,21,26)(H,22,27). The molecule has 2 aromatic rings. The van der Waals surface area contributed by atoms with Crippen LogP contribution in [0.2, 0.25) is 5.02 Å². The fourth-order valence-corrected chi connectivity index (χ4v) is 4.78. The number of hydrogen-bond acceptors (Lipinski definition) is 7. The summed E-state index contributed by atoms with van der Waals surface area (Å²) >= 11 is 7.58. The highest BCUT2D eigenvalue weighted by atomic mass is 35.5. The lowest BCUT2D eigenvalue weighted by molar-refractivity contribution is -0.385. The number of benzene rings is 1. The first-order valence-electron chi connectivity index (χ1n) is 9.72. The fraction of sp³-hybridized carbons (Fsp3) is 0.421. The molecular formula is C19H20ClN5O5S. The number of ether oxygens (including phenoxy) is 1. The van der Waals surface area contributed by atoms with Crippen molar-refractivity contribution in [3.05, 3.63) is 50.2 Å². The number of carbonyl (C=O) groups excluding carboxylic acids is 2. The topological polar surface area (TPSA) is 128 Å². The molecule has 1 fully saturated rings. The Morgan fingerprint density at radius 2 is 2.23 bits per heavy atom. The van der Waals surface area contributed by atoms with Gasteiger partial charge in [-0.25, -0.2) is 4.68 Å². The molecule has 10 nitrogen and oxygen atoms in total. The molecule has 1 unspecified atom stereocenters. The van der Waals surface area contributed by atoms with Crippen LogP contribution in [0.15, 0.2) is 18.2 Å². The van der Waals surface area contributed by atoms with Crippen LogP contribution in [0.5, 0.6) is 0 Å². The Labute approximate surface area is 186 Å². The molecule has 0 bridgehead atoms. The van der Waals surface area contributed by atoms with Crippen LogP contribution in [0, 0.1) is 10.1 Å². The van der Waals surface area contributed by atoms with Crippen molar-refractivity contribution in [2.45, 2.75) is 37.0 Å². The molecule has 0 spiro atoms. The molecule has 0 radical (unpaired) electrons. The minimum atomic E-state index is -0.685. The molecule has 4 rings (SSSR count). The van der Waals surface area contributed by atoms with E-state index < -0.39 is 10.8 Å². The lowest BCUT2D eigenvalue weighted by atomic mass is 10.1. The van der Waals surface area contributed by atoms with Crippen LogP contribution in [-0.2, 0) is 27.6 Å². The summed E-state index contributed by atoms with van der Waals surface area (Å²) < 4.78 is 6.94. The Morgan fingerprint density at radius 3 is 2.97 bits per heavy atom. The van der Waals surface area contributed by atoms with E-state index in [1.54, 1.807) is 11.8 Å². The maximum atomic E-state index is 12.9. The molecule has 1 atom stereocenters. The molecule has 2 amide bonds. The number of carbonyl (C=O) groups is 2. The number of fused-ring (bicyclic) bond motifs is 1. The minimum absolute atomic E-state index is 0.0190. The average molecular weight is 466 g/mol. The third-order valence-electron chi connectivity index (χ3n) is 5.10. The van der Waals surface area contributed by atoms with E-state index in [1.807, 2.05) is 0 Å². The van der Waals surface area contributed by atoms with Crippen molar-refractivity contribution >= 4 is 46.7 Å². The fourth-order valence-electron chi connectivity index (χ4n) is 3.57. The van der Waals surface area contributed by atoms with Gasteiger partial charge >= 0.3 is 0 Å². The third-order valence-corrected chi connectivity index (χ3v) is 6.30. The molecule has 1 aromatic carbocycles. The number of halogens is 1. The van der Waals surface area contributed by atoms with Crippen LogP contribution in [0.4, 0.5) is 11.5 Å². The summed E-state index contributed by atoms with van der Waals surface area (Å²) in [5.41, 5.74) is 1.09. The number of nitrogens with zero attached hydrogens (tertiary/aromatic N) is 3. The van der Waals surface area contributed by atoms with E-state index >= 15 is 0 Å². The van der Waals surface area contributed by atoms with Crippen LogP contribution in [-0.4, -0.2) is 45.8 Å². The minimum Gasteiger partial charge on any atom is -0.376 e. The summed E-state index contributed by atoms with van der Waals surface area (Å²) in [4.78, 5) is 36.0. The quantitative estimate of drug-likeness (QED) is 0.475. The van der Waals surface area contributed by atoms with E-state index in [-0.39, 0.29) is 34.8 Å². The first-order chi connectivity index (χ1) is 14.9. The highest BCUT2D eigenvalue weighted by molar-refractivity contribution is 7.98. The molecule has 2 N–H and O–H groups in total. The van der Waals surface area contributed by atoms with Gasteiger partial charge in [-0.3, -0.25) is 19.7 Å². The van der Waals surface area contributed by atoms with Crippen molar-refractivity contribution in [2.24, 2.45) is 0 Å². The van der Waals surface area contributed by atoms with Gasteiger partial charge in [0.15, 0.2) is 0 Å². The van der Waals surface area contributed by atoms with Crippen LogP contribution < -0.4 is 10.6 Å². The Kier molecular flexibility index (Phi) is 6.44. The van der Waals surface area contributed by atoms with Gasteiger partial charge in [0.25, 0.3) is 11.6 Å². The molecule has 2 aliphatic rings. The number of anilines is 1. The van der Waals surface area contributed by atoms with Gasteiger partial charge in [0.1, 0.15) is 17.9 Å². The smallest absolute Gasteiger partial charge is 0.282 e. The molecule has 1 aromatic heterocycles. The number of nitrogens with one attached hydrogen (secondary N) is 2. The second-order valence-corrected chi connectivity index (χ2v) is 8.66. The first kappa shape index (κ1) is 21.6. The lowest BCUT2D eigenvalue weighted by Crippen LogP contribution is -2.34. The predicted octanol–water partition coefficient (Wildman–Crippen LogP) is 2.74. The SMILES string of the molecule is O=C(Cn1nc2c(c1NC(=O)c1cc(Cl)ccc1[N+](=O)[O-])CSC2)NCC1CCCO1. The molecule has 0 saturated carbocycles. The first-order valence-corrected chi connectivity index (χ1v) is 11.3. The third kappa shape index (κ3) is 4.83. The molecule has 3 heterocycles. The molecule has 12 heteroatoms. The molecule has 164 valence electrons. The van der Waals surface area contributed by atoms with Crippen LogP contribution in [0.1, 0.15) is 34.5 Å². The van der Waals surface area contributed by atoms with E-state index in [2.05, 4.69) is 15.7 Å². The van der Waals surface area contributed by atoms with Gasteiger partial charge in [-0.15, -0.1) is 0 Å². The number of nitro benzene ring substituents is 1. The van der Waals surface area contributed by atoms with Crippen LogP contribution in [0.3, 0.4) is 0 Å². The maximum Gasteiger partial charge on any atom is 0.282 e. The van der Waals surface area contributed by atoms with E-state index in [0.717, 1.165) is 24.1 Å². The summed E-state index contributed by atoms with van der Waals surface area (Å²) in [5, 5.41) is 21.5. The number of amides is 2. The van der Waals surface area contributed by atoms with E-state index in [1.165, 1.54) is 22.9 Å². The van der Waals surface area contributed by atoms with Crippen molar-refractivity contribution < 1.29 is 19.2 Å². The van der Waals surface area contributed by atoms with E-state index in [0.29, 0.717) is 30.5 Å². The van der Waals surface area contributed by atoms with E-state index in [4.69, 9.17) is 16.3 Å².